The maximum absolute atomic E-state index is 12.8. The Hall–Kier alpha value is -3.32. The first-order valence-corrected chi connectivity index (χ1v) is 9.62. The van der Waals surface area contributed by atoms with Crippen LogP contribution in [0.5, 0.6) is 0 Å². The number of amides is 1. The van der Waals surface area contributed by atoms with Gasteiger partial charge in [0, 0.05) is 0 Å². The highest BCUT2D eigenvalue weighted by molar-refractivity contribution is 6.40. The molecular weight excluding hydrogens is 403 g/mol. The van der Waals surface area contributed by atoms with Crippen LogP contribution in [0.25, 0.3) is 27.6 Å². The van der Waals surface area contributed by atoms with E-state index >= 15 is 0 Å². The Morgan fingerprint density at radius 1 is 0.862 bits per heavy atom. The summed E-state index contributed by atoms with van der Waals surface area (Å²) in [6.45, 7) is 0. The topological polar surface area (TPSA) is 52.9 Å². The van der Waals surface area contributed by atoms with Crippen molar-refractivity contribution in [1.82, 2.24) is 0 Å². The number of carbonyl (C=O) groups is 1. The lowest BCUT2D eigenvalue weighted by Crippen LogP contribution is -2.14. The molecule has 0 spiro atoms. The molecule has 0 aliphatic carbocycles. The molecule has 0 bridgehead atoms. The summed E-state index contributed by atoms with van der Waals surface area (Å²) in [6.07, 6.45) is 1.62. The minimum atomic E-state index is -0.570. The number of nitriles is 1. The molecule has 5 heteroatoms. The normalized spacial score (nSPS) is 11.4. The van der Waals surface area contributed by atoms with Gasteiger partial charge in [-0.05, 0) is 51.4 Å². The largest absolute Gasteiger partial charge is 0.319 e. The summed E-state index contributed by atoms with van der Waals surface area (Å²) in [4.78, 5) is 12.8. The lowest BCUT2D eigenvalue weighted by molar-refractivity contribution is -0.112. The number of fused-ring (bicyclic) bond motifs is 2. The average Bonchev–Trinajstić information content (AvgIpc) is 2.73. The van der Waals surface area contributed by atoms with E-state index in [-0.39, 0.29) is 11.3 Å². The van der Waals surface area contributed by atoms with Gasteiger partial charge in [-0.3, -0.25) is 4.79 Å². The quantitative estimate of drug-likeness (QED) is 0.225. The van der Waals surface area contributed by atoms with Gasteiger partial charge in [0.05, 0.1) is 15.7 Å². The predicted molar refractivity (Wildman–Crippen MR) is 120 cm³/mol. The Morgan fingerprint density at radius 3 is 1.97 bits per heavy atom. The number of nitrogens with zero attached hydrogens (tertiary/aromatic N) is 1. The fourth-order valence-electron chi connectivity index (χ4n) is 3.30. The highest BCUT2D eigenvalue weighted by atomic mass is 35.5. The number of nitrogens with one attached hydrogen (secondary N) is 1. The number of benzene rings is 4. The first-order valence-electron chi connectivity index (χ1n) is 8.86. The van der Waals surface area contributed by atoms with Gasteiger partial charge >= 0.3 is 0 Å². The van der Waals surface area contributed by atoms with E-state index in [9.17, 15) is 10.1 Å². The summed E-state index contributed by atoms with van der Waals surface area (Å²) in [6, 6.07) is 24.8. The smallest absolute Gasteiger partial charge is 0.266 e. The van der Waals surface area contributed by atoms with Gasteiger partial charge in [0.2, 0.25) is 0 Å². The molecular formula is C24H14Cl2N2O. The van der Waals surface area contributed by atoms with Crippen molar-refractivity contribution >= 4 is 62.4 Å². The van der Waals surface area contributed by atoms with E-state index in [1.807, 2.05) is 54.6 Å². The van der Waals surface area contributed by atoms with Crippen molar-refractivity contribution in [2.75, 3.05) is 5.32 Å². The van der Waals surface area contributed by atoms with Crippen molar-refractivity contribution in [3.63, 3.8) is 0 Å². The van der Waals surface area contributed by atoms with E-state index < -0.39 is 5.91 Å². The monoisotopic (exact) mass is 416 g/mol. The van der Waals surface area contributed by atoms with Crippen LogP contribution in [0.4, 0.5) is 5.69 Å². The molecule has 0 saturated heterocycles. The highest BCUT2D eigenvalue weighted by Crippen LogP contribution is 2.32. The molecule has 0 aromatic heterocycles. The summed E-state index contributed by atoms with van der Waals surface area (Å²) < 4.78 is 0. The molecule has 0 heterocycles. The van der Waals surface area contributed by atoms with Gasteiger partial charge in [0.25, 0.3) is 5.91 Å². The maximum atomic E-state index is 12.8. The number of halogens is 2. The summed E-state index contributed by atoms with van der Waals surface area (Å²) in [5.41, 5.74) is 1.06. The van der Waals surface area contributed by atoms with Gasteiger partial charge in [-0.25, -0.2) is 0 Å². The molecule has 0 fully saturated rings. The SMILES string of the molecule is N#C/C(=C\c1c2ccccc2cc2ccccc12)C(=O)Nc1c(Cl)cccc1Cl. The molecule has 1 amide bonds. The third-order valence-electron chi connectivity index (χ3n) is 4.67. The van der Waals surface area contributed by atoms with E-state index in [1.165, 1.54) is 0 Å². The fourth-order valence-corrected chi connectivity index (χ4v) is 3.79. The number of para-hydroxylation sites is 1. The van der Waals surface area contributed by atoms with Crippen molar-refractivity contribution in [2.24, 2.45) is 0 Å². The van der Waals surface area contributed by atoms with E-state index in [4.69, 9.17) is 23.2 Å². The molecule has 0 radical (unpaired) electrons. The molecule has 4 rings (SSSR count). The third-order valence-corrected chi connectivity index (χ3v) is 5.30. The van der Waals surface area contributed by atoms with Crippen LogP contribution < -0.4 is 5.32 Å². The molecule has 4 aromatic carbocycles. The molecule has 140 valence electrons. The lowest BCUT2D eigenvalue weighted by Gasteiger charge is -2.11. The van der Waals surface area contributed by atoms with Crippen LogP contribution in [0.2, 0.25) is 10.0 Å². The second-order valence-electron chi connectivity index (χ2n) is 6.45. The van der Waals surface area contributed by atoms with Crippen LogP contribution in [0.15, 0.2) is 78.4 Å². The van der Waals surface area contributed by atoms with Crippen molar-refractivity contribution in [3.05, 3.63) is 94.0 Å². The average molecular weight is 417 g/mol. The summed E-state index contributed by atoms with van der Waals surface area (Å²) in [5.74, 6) is -0.570. The second-order valence-corrected chi connectivity index (χ2v) is 7.27. The first-order chi connectivity index (χ1) is 14.1. The van der Waals surface area contributed by atoms with Gasteiger partial charge in [-0.15, -0.1) is 0 Å². The lowest BCUT2D eigenvalue weighted by atomic mass is 9.95. The Bertz CT molecular complexity index is 1260. The van der Waals surface area contributed by atoms with Gasteiger partial charge < -0.3 is 5.32 Å². The molecule has 29 heavy (non-hydrogen) atoms. The van der Waals surface area contributed by atoms with Crippen LogP contribution >= 0.6 is 23.2 Å². The first kappa shape index (κ1) is 19.0. The van der Waals surface area contributed by atoms with Crippen LogP contribution in [-0.2, 0) is 4.79 Å². The summed E-state index contributed by atoms with van der Waals surface area (Å²) >= 11 is 12.3. The summed E-state index contributed by atoms with van der Waals surface area (Å²) in [7, 11) is 0. The molecule has 0 unspecified atom stereocenters. The molecule has 0 aliphatic heterocycles. The Labute approximate surface area is 177 Å². The molecule has 4 aromatic rings. The van der Waals surface area contributed by atoms with Crippen LogP contribution in [0.3, 0.4) is 0 Å². The van der Waals surface area contributed by atoms with Gasteiger partial charge in [-0.1, -0.05) is 77.8 Å². The molecule has 0 atom stereocenters. The Morgan fingerprint density at radius 2 is 1.41 bits per heavy atom. The number of hydrogen-bond donors (Lipinski definition) is 1. The Balaban J connectivity index is 1.86. The molecule has 0 aliphatic rings. The Kier molecular flexibility index (Phi) is 5.22. The highest BCUT2D eigenvalue weighted by Gasteiger charge is 2.15. The van der Waals surface area contributed by atoms with E-state index in [2.05, 4.69) is 11.4 Å². The minimum absolute atomic E-state index is 0.0394. The number of carbonyl (C=O) groups excluding carboxylic acids is 1. The van der Waals surface area contributed by atoms with Crippen LogP contribution in [0, 0.1) is 11.3 Å². The van der Waals surface area contributed by atoms with Crippen LogP contribution in [0.1, 0.15) is 5.56 Å². The zero-order valence-corrected chi connectivity index (χ0v) is 16.6. The molecule has 0 saturated carbocycles. The van der Waals surface area contributed by atoms with Crippen LogP contribution in [-0.4, -0.2) is 5.91 Å². The van der Waals surface area contributed by atoms with E-state index in [0.29, 0.717) is 10.0 Å². The number of hydrogen-bond acceptors (Lipinski definition) is 2. The second kappa shape index (κ2) is 7.97. The third kappa shape index (κ3) is 3.69. The van der Waals surface area contributed by atoms with Crippen molar-refractivity contribution in [3.8, 4) is 6.07 Å². The van der Waals surface area contributed by atoms with E-state index in [0.717, 1.165) is 27.1 Å². The predicted octanol–water partition coefficient (Wildman–Crippen LogP) is 6.85. The van der Waals surface area contributed by atoms with E-state index in [1.54, 1.807) is 24.3 Å². The van der Waals surface area contributed by atoms with Crippen molar-refractivity contribution in [2.45, 2.75) is 0 Å². The number of anilines is 1. The zero-order chi connectivity index (χ0) is 20.4. The van der Waals surface area contributed by atoms with Crippen molar-refractivity contribution in [1.29, 1.82) is 5.26 Å². The molecule has 3 nitrogen and oxygen atoms in total. The van der Waals surface area contributed by atoms with Gasteiger partial charge in [0.1, 0.15) is 11.6 Å². The zero-order valence-electron chi connectivity index (χ0n) is 15.1. The molecule has 1 N–H and O–H groups in total. The maximum Gasteiger partial charge on any atom is 0.266 e. The van der Waals surface area contributed by atoms with Gasteiger partial charge in [-0.2, -0.15) is 5.26 Å². The van der Waals surface area contributed by atoms with Gasteiger partial charge in [0.15, 0.2) is 0 Å². The standard InChI is InChI=1S/C24H14Cl2N2O/c25-21-10-5-11-22(26)23(21)28-24(29)17(14-27)13-20-18-8-3-1-6-15(18)12-16-7-2-4-9-19(16)20/h1-13H,(H,28,29)/b17-13+. The minimum Gasteiger partial charge on any atom is -0.319 e. The van der Waals surface area contributed by atoms with Crippen molar-refractivity contribution < 1.29 is 4.79 Å². The fraction of sp³-hybridized carbons (Fsp3) is 0. The summed E-state index contributed by atoms with van der Waals surface area (Å²) in [5, 5.41) is 16.9. The number of rotatable bonds is 3.